The van der Waals surface area contributed by atoms with Crippen LogP contribution in [-0.2, 0) is 6.54 Å². The molecule has 2 aromatic carbocycles. The maximum Gasteiger partial charge on any atom is 0.404 e. The number of piperidine rings is 1. The average Bonchev–Trinajstić information content (AvgIpc) is 2.64. The van der Waals surface area contributed by atoms with Gasteiger partial charge in [-0.1, -0.05) is 54.6 Å². The maximum atomic E-state index is 10.5. The molecule has 1 aliphatic rings. The molecule has 0 unspecified atom stereocenters. The third kappa shape index (κ3) is 5.33. The Kier molecular flexibility index (Phi) is 6.07. The topological polar surface area (TPSA) is 52.6 Å². The number of amides is 1. The number of hydrogen-bond donors (Lipinski definition) is 2. The molecule has 1 amide bonds. The lowest BCUT2D eigenvalue weighted by molar-refractivity contribution is 0.168. The lowest BCUT2D eigenvalue weighted by atomic mass is 9.93. The van der Waals surface area contributed by atoms with E-state index in [1.54, 1.807) is 0 Å². The highest BCUT2D eigenvalue weighted by molar-refractivity contribution is 5.64. The third-order valence-electron chi connectivity index (χ3n) is 5.00. The van der Waals surface area contributed by atoms with Gasteiger partial charge in [0.1, 0.15) is 0 Å². The predicted octanol–water partition coefficient (Wildman–Crippen LogP) is 4.22. The Morgan fingerprint density at radius 1 is 1.00 bits per heavy atom. The summed E-state index contributed by atoms with van der Waals surface area (Å²) >= 11 is 0. The highest BCUT2D eigenvalue weighted by Gasteiger charge is 2.19. The standard InChI is InChI=1S/C21H26N2O2/c24-21(25)22-13-10-17-11-14-23(15-12-17)16-18-6-8-20(9-7-18)19-4-2-1-3-5-19/h1-9,17,22H,10-16H2,(H,24,25). The number of hydrogen-bond acceptors (Lipinski definition) is 2. The molecule has 2 N–H and O–H groups in total. The van der Waals surface area contributed by atoms with Gasteiger partial charge in [-0.05, 0) is 55.0 Å². The first-order valence-corrected chi connectivity index (χ1v) is 9.04. The lowest BCUT2D eigenvalue weighted by Crippen LogP contribution is -2.34. The fraction of sp³-hybridized carbons (Fsp3) is 0.381. The quantitative estimate of drug-likeness (QED) is 0.829. The van der Waals surface area contributed by atoms with Crippen LogP contribution < -0.4 is 5.32 Å². The third-order valence-corrected chi connectivity index (χ3v) is 5.00. The summed E-state index contributed by atoms with van der Waals surface area (Å²) in [7, 11) is 0. The first-order valence-electron chi connectivity index (χ1n) is 9.04. The van der Waals surface area contributed by atoms with Gasteiger partial charge < -0.3 is 10.4 Å². The van der Waals surface area contributed by atoms with E-state index in [1.165, 1.54) is 16.7 Å². The van der Waals surface area contributed by atoms with Gasteiger partial charge in [0.2, 0.25) is 0 Å². The molecule has 1 saturated heterocycles. The zero-order valence-corrected chi connectivity index (χ0v) is 14.5. The van der Waals surface area contributed by atoms with Gasteiger partial charge in [0, 0.05) is 13.1 Å². The molecule has 0 spiro atoms. The van der Waals surface area contributed by atoms with Crippen LogP contribution in [0.25, 0.3) is 11.1 Å². The van der Waals surface area contributed by atoms with Gasteiger partial charge in [-0.2, -0.15) is 0 Å². The molecular formula is C21H26N2O2. The fourth-order valence-electron chi connectivity index (χ4n) is 3.51. The van der Waals surface area contributed by atoms with Crippen LogP contribution in [0.15, 0.2) is 54.6 Å². The van der Waals surface area contributed by atoms with Crippen LogP contribution in [0.2, 0.25) is 0 Å². The first kappa shape index (κ1) is 17.5. The number of nitrogens with zero attached hydrogens (tertiary/aromatic N) is 1. The minimum absolute atomic E-state index is 0.570. The molecule has 0 radical (unpaired) electrons. The summed E-state index contributed by atoms with van der Waals surface area (Å²) in [6, 6.07) is 19.3. The van der Waals surface area contributed by atoms with Crippen LogP contribution in [0, 0.1) is 5.92 Å². The number of carboxylic acid groups (broad SMARTS) is 1. The summed E-state index contributed by atoms with van der Waals surface area (Å²) in [5.74, 6) is 0.642. The summed E-state index contributed by atoms with van der Waals surface area (Å²) in [4.78, 5) is 13.0. The van der Waals surface area contributed by atoms with E-state index in [1.807, 2.05) is 6.07 Å². The van der Waals surface area contributed by atoms with Crippen LogP contribution in [0.5, 0.6) is 0 Å². The zero-order chi connectivity index (χ0) is 17.5. The normalized spacial score (nSPS) is 15.8. The van der Waals surface area contributed by atoms with Gasteiger partial charge in [0.25, 0.3) is 0 Å². The van der Waals surface area contributed by atoms with Crippen LogP contribution >= 0.6 is 0 Å². The highest BCUT2D eigenvalue weighted by atomic mass is 16.4. The van der Waals surface area contributed by atoms with Gasteiger partial charge in [-0.3, -0.25) is 4.90 Å². The maximum absolute atomic E-state index is 10.5. The van der Waals surface area contributed by atoms with Crippen molar-refractivity contribution in [2.24, 2.45) is 5.92 Å². The number of likely N-dealkylation sites (tertiary alicyclic amines) is 1. The minimum Gasteiger partial charge on any atom is -0.465 e. The molecule has 0 aliphatic carbocycles. The molecule has 4 heteroatoms. The SMILES string of the molecule is O=C(O)NCCC1CCN(Cc2ccc(-c3ccccc3)cc2)CC1. The molecule has 1 heterocycles. The van der Waals surface area contributed by atoms with Crippen molar-refractivity contribution in [3.05, 3.63) is 60.2 Å². The van der Waals surface area contributed by atoms with Crippen molar-refractivity contribution in [3.8, 4) is 11.1 Å². The number of nitrogens with one attached hydrogen (secondary N) is 1. The first-order chi connectivity index (χ1) is 12.2. The van der Waals surface area contributed by atoms with E-state index >= 15 is 0 Å². The largest absolute Gasteiger partial charge is 0.465 e. The lowest BCUT2D eigenvalue weighted by Gasteiger charge is -2.32. The zero-order valence-electron chi connectivity index (χ0n) is 14.5. The van der Waals surface area contributed by atoms with Gasteiger partial charge in [-0.15, -0.1) is 0 Å². The Balaban J connectivity index is 1.45. The molecule has 25 heavy (non-hydrogen) atoms. The van der Waals surface area contributed by atoms with Crippen molar-refractivity contribution >= 4 is 6.09 Å². The molecule has 132 valence electrons. The van der Waals surface area contributed by atoms with Gasteiger partial charge >= 0.3 is 6.09 Å². The van der Waals surface area contributed by atoms with Crippen molar-refractivity contribution in [1.29, 1.82) is 0 Å². The highest BCUT2D eigenvalue weighted by Crippen LogP contribution is 2.23. The molecule has 0 bridgehead atoms. The van der Waals surface area contributed by atoms with Crippen molar-refractivity contribution in [3.63, 3.8) is 0 Å². The minimum atomic E-state index is -0.920. The van der Waals surface area contributed by atoms with Crippen molar-refractivity contribution < 1.29 is 9.90 Å². The Morgan fingerprint density at radius 3 is 2.28 bits per heavy atom. The van der Waals surface area contributed by atoms with E-state index < -0.39 is 6.09 Å². The molecule has 1 aliphatic heterocycles. The van der Waals surface area contributed by atoms with E-state index in [9.17, 15) is 4.79 Å². The Hall–Kier alpha value is -2.33. The van der Waals surface area contributed by atoms with E-state index in [2.05, 4.69) is 58.7 Å². The molecule has 2 aromatic rings. The van der Waals surface area contributed by atoms with Crippen LogP contribution in [0.3, 0.4) is 0 Å². The van der Waals surface area contributed by atoms with E-state index in [0.717, 1.165) is 38.9 Å². The van der Waals surface area contributed by atoms with Gasteiger partial charge in [0.05, 0.1) is 0 Å². The molecule has 0 atom stereocenters. The van der Waals surface area contributed by atoms with E-state index in [-0.39, 0.29) is 0 Å². The Bertz CT molecular complexity index is 662. The Morgan fingerprint density at radius 2 is 1.64 bits per heavy atom. The smallest absolute Gasteiger partial charge is 0.404 e. The van der Waals surface area contributed by atoms with Gasteiger partial charge in [0.15, 0.2) is 0 Å². The summed E-state index contributed by atoms with van der Waals surface area (Å²) in [5, 5.41) is 11.1. The second-order valence-corrected chi connectivity index (χ2v) is 6.80. The number of benzene rings is 2. The monoisotopic (exact) mass is 338 g/mol. The van der Waals surface area contributed by atoms with Crippen LogP contribution in [0.1, 0.15) is 24.8 Å². The van der Waals surface area contributed by atoms with Gasteiger partial charge in [-0.25, -0.2) is 4.79 Å². The number of carbonyl (C=O) groups is 1. The van der Waals surface area contributed by atoms with Crippen molar-refractivity contribution in [2.45, 2.75) is 25.8 Å². The van der Waals surface area contributed by atoms with Crippen LogP contribution in [-0.4, -0.2) is 35.7 Å². The predicted molar refractivity (Wildman–Crippen MR) is 101 cm³/mol. The fourth-order valence-corrected chi connectivity index (χ4v) is 3.51. The summed E-state index contributed by atoms with van der Waals surface area (Å²) in [5.41, 5.74) is 3.87. The second kappa shape index (κ2) is 8.67. The molecular weight excluding hydrogens is 312 g/mol. The Labute approximate surface area is 149 Å². The van der Waals surface area contributed by atoms with E-state index in [4.69, 9.17) is 5.11 Å². The second-order valence-electron chi connectivity index (χ2n) is 6.80. The van der Waals surface area contributed by atoms with Crippen molar-refractivity contribution in [2.75, 3.05) is 19.6 Å². The molecule has 0 aromatic heterocycles. The molecule has 3 rings (SSSR count). The molecule has 0 saturated carbocycles. The van der Waals surface area contributed by atoms with Crippen molar-refractivity contribution in [1.82, 2.24) is 10.2 Å². The van der Waals surface area contributed by atoms with E-state index in [0.29, 0.717) is 12.5 Å². The summed E-state index contributed by atoms with van der Waals surface area (Å²) in [6.07, 6.45) is 2.34. The summed E-state index contributed by atoms with van der Waals surface area (Å²) < 4.78 is 0. The molecule has 4 nitrogen and oxygen atoms in total. The average molecular weight is 338 g/mol. The number of rotatable bonds is 6. The summed E-state index contributed by atoms with van der Waals surface area (Å²) in [6.45, 7) is 3.76. The van der Waals surface area contributed by atoms with Crippen LogP contribution in [0.4, 0.5) is 4.79 Å². The molecule has 1 fully saturated rings.